The van der Waals surface area contributed by atoms with Gasteiger partial charge in [0.2, 0.25) is 6.29 Å². The highest BCUT2D eigenvalue weighted by Gasteiger charge is 2.49. The largest absolute Gasteiger partial charge is 0.493 e. The van der Waals surface area contributed by atoms with Crippen LogP contribution in [0.5, 0.6) is 28.7 Å². The molecule has 0 radical (unpaired) electrons. The predicted octanol–water partition coefficient (Wildman–Crippen LogP) is 3.98. The van der Waals surface area contributed by atoms with Crippen LogP contribution in [0.25, 0.3) is 6.08 Å². The number of rotatable bonds is 3. The summed E-state index contributed by atoms with van der Waals surface area (Å²) in [6.45, 7) is 3.95. The highest BCUT2D eigenvalue weighted by Crippen LogP contribution is 2.50. The fourth-order valence-corrected chi connectivity index (χ4v) is 4.40. The summed E-state index contributed by atoms with van der Waals surface area (Å²) in [5, 5.41) is 0. The zero-order valence-electron chi connectivity index (χ0n) is 18.1. The zero-order valence-corrected chi connectivity index (χ0v) is 18.1. The van der Waals surface area contributed by atoms with Gasteiger partial charge < -0.3 is 28.4 Å². The summed E-state index contributed by atoms with van der Waals surface area (Å²) in [5.41, 5.74) is 1.50. The first-order chi connectivity index (χ1) is 14.9. The molecular weight excluding hydrogens is 400 g/mol. The molecule has 3 heterocycles. The van der Waals surface area contributed by atoms with E-state index in [1.54, 1.807) is 32.4 Å². The molecule has 0 N–H and O–H groups in total. The summed E-state index contributed by atoms with van der Waals surface area (Å²) in [5.74, 6) is 2.03. The number of ketones is 1. The van der Waals surface area contributed by atoms with Crippen LogP contribution >= 0.6 is 0 Å². The van der Waals surface area contributed by atoms with Crippen LogP contribution in [0.4, 0.5) is 0 Å². The third kappa shape index (κ3) is 2.95. The van der Waals surface area contributed by atoms with Crippen LogP contribution in [0.3, 0.4) is 0 Å². The SMILES string of the molecule is COc1cc2c(cc1OC)[C@@H]1C(=O)c3ccc4c(c3O[C@H]1[C@@H](OC)O2)C=CC(C)(C)O4. The van der Waals surface area contributed by atoms with Crippen molar-refractivity contribution in [1.82, 2.24) is 0 Å². The number of methoxy groups -OCH3 is 3. The average Bonchev–Trinajstić information content (AvgIpc) is 2.76. The Morgan fingerprint density at radius 2 is 1.71 bits per heavy atom. The molecule has 0 aliphatic carbocycles. The van der Waals surface area contributed by atoms with Gasteiger partial charge in [-0.25, -0.2) is 0 Å². The lowest BCUT2D eigenvalue weighted by Crippen LogP contribution is -2.50. The van der Waals surface area contributed by atoms with Gasteiger partial charge in [0.05, 0.1) is 31.3 Å². The Bertz CT molecular complexity index is 1100. The molecule has 2 aromatic carbocycles. The molecule has 0 fully saturated rings. The first-order valence-electron chi connectivity index (χ1n) is 10.1. The van der Waals surface area contributed by atoms with Crippen molar-refractivity contribution in [2.45, 2.75) is 37.8 Å². The Hall–Kier alpha value is -3.19. The van der Waals surface area contributed by atoms with Crippen molar-refractivity contribution in [3.63, 3.8) is 0 Å². The topological polar surface area (TPSA) is 72.5 Å². The van der Waals surface area contributed by atoms with Gasteiger partial charge in [-0.3, -0.25) is 4.79 Å². The van der Waals surface area contributed by atoms with Gasteiger partial charge in [0.15, 0.2) is 23.4 Å². The number of hydrogen-bond acceptors (Lipinski definition) is 7. The molecule has 3 atom stereocenters. The summed E-state index contributed by atoms with van der Waals surface area (Å²) in [6.07, 6.45) is 2.46. The highest BCUT2D eigenvalue weighted by atomic mass is 16.7. The summed E-state index contributed by atoms with van der Waals surface area (Å²) < 4.78 is 34.9. The highest BCUT2D eigenvalue weighted by molar-refractivity contribution is 6.06. The molecule has 0 aromatic heterocycles. The first-order valence-corrected chi connectivity index (χ1v) is 10.1. The first kappa shape index (κ1) is 19.8. The number of fused-ring (bicyclic) bond motifs is 6. The van der Waals surface area contributed by atoms with Crippen molar-refractivity contribution in [2.75, 3.05) is 21.3 Å². The molecule has 5 rings (SSSR count). The maximum Gasteiger partial charge on any atom is 0.238 e. The number of carbonyl (C=O) groups excluding carboxylic acids is 1. The summed E-state index contributed by atoms with van der Waals surface area (Å²) in [6, 6.07) is 7.07. The number of benzene rings is 2. The summed E-state index contributed by atoms with van der Waals surface area (Å²) in [7, 11) is 4.63. The van der Waals surface area contributed by atoms with Crippen LogP contribution in [0.15, 0.2) is 30.3 Å². The Balaban J connectivity index is 1.66. The van der Waals surface area contributed by atoms with Gasteiger partial charge in [-0.2, -0.15) is 0 Å². The lowest BCUT2D eigenvalue weighted by molar-refractivity contribution is -0.133. The minimum atomic E-state index is -0.770. The van der Waals surface area contributed by atoms with E-state index in [1.165, 1.54) is 7.11 Å². The molecule has 7 nitrogen and oxygen atoms in total. The zero-order chi connectivity index (χ0) is 21.9. The molecule has 0 saturated heterocycles. The molecule has 2 aromatic rings. The van der Waals surface area contributed by atoms with Crippen LogP contribution in [0.2, 0.25) is 0 Å². The van der Waals surface area contributed by atoms with Gasteiger partial charge in [0.1, 0.15) is 22.8 Å². The van der Waals surface area contributed by atoms with Crippen molar-refractivity contribution < 1.29 is 33.2 Å². The summed E-state index contributed by atoms with van der Waals surface area (Å²) in [4.78, 5) is 13.7. The van der Waals surface area contributed by atoms with Gasteiger partial charge in [0.25, 0.3) is 0 Å². The van der Waals surface area contributed by atoms with E-state index < -0.39 is 23.9 Å². The molecule has 0 spiro atoms. The molecular formula is C24H24O7. The Kier molecular flexibility index (Phi) is 4.41. The molecule has 3 aliphatic heterocycles. The van der Waals surface area contributed by atoms with Gasteiger partial charge >= 0.3 is 0 Å². The second-order valence-corrected chi connectivity index (χ2v) is 8.28. The Labute approximate surface area is 180 Å². The molecule has 3 aliphatic rings. The minimum Gasteiger partial charge on any atom is -0.493 e. The third-order valence-electron chi connectivity index (χ3n) is 5.91. The van der Waals surface area contributed by atoms with E-state index in [1.807, 2.05) is 32.1 Å². The van der Waals surface area contributed by atoms with E-state index in [2.05, 4.69) is 0 Å². The molecule has 162 valence electrons. The molecule has 0 unspecified atom stereocenters. The van der Waals surface area contributed by atoms with E-state index in [-0.39, 0.29) is 5.78 Å². The van der Waals surface area contributed by atoms with Gasteiger partial charge in [-0.05, 0) is 44.2 Å². The minimum absolute atomic E-state index is 0.0638. The van der Waals surface area contributed by atoms with E-state index in [9.17, 15) is 4.79 Å². The lowest BCUT2D eigenvalue weighted by atomic mass is 9.80. The van der Waals surface area contributed by atoms with E-state index in [0.29, 0.717) is 39.9 Å². The lowest BCUT2D eigenvalue weighted by Gasteiger charge is -2.42. The van der Waals surface area contributed by atoms with Crippen LogP contribution in [-0.4, -0.2) is 45.1 Å². The number of Topliss-reactive ketones (excluding diaryl/α,β-unsaturated/α-hetero) is 1. The van der Waals surface area contributed by atoms with E-state index in [4.69, 9.17) is 28.4 Å². The van der Waals surface area contributed by atoms with Crippen LogP contribution in [-0.2, 0) is 4.74 Å². The molecule has 0 amide bonds. The maximum absolute atomic E-state index is 13.7. The monoisotopic (exact) mass is 424 g/mol. The predicted molar refractivity (Wildman–Crippen MR) is 113 cm³/mol. The van der Waals surface area contributed by atoms with Crippen molar-refractivity contribution in [3.05, 3.63) is 47.0 Å². The van der Waals surface area contributed by atoms with Crippen molar-refractivity contribution in [3.8, 4) is 28.7 Å². The second-order valence-electron chi connectivity index (χ2n) is 8.28. The van der Waals surface area contributed by atoms with Crippen LogP contribution in [0.1, 0.15) is 41.3 Å². The van der Waals surface area contributed by atoms with Crippen molar-refractivity contribution in [2.24, 2.45) is 0 Å². The molecule has 7 heteroatoms. The molecule has 31 heavy (non-hydrogen) atoms. The smallest absolute Gasteiger partial charge is 0.238 e. The normalized spacial score (nSPS) is 24.4. The maximum atomic E-state index is 13.7. The number of carbonyl (C=O) groups is 1. The van der Waals surface area contributed by atoms with Gasteiger partial charge in [0, 0.05) is 18.7 Å². The fourth-order valence-electron chi connectivity index (χ4n) is 4.40. The van der Waals surface area contributed by atoms with Crippen LogP contribution in [0, 0.1) is 0 Å². The quantitative estimate of drug-likeness (QED) is 0.738. The second kappa shape index (κ2) is 6.92. The fraction of sp³-hybridized carbons (Fsp3) is 0.375. The van der Waals surface area contributed by atoms with E-state index in [0.717, 1.165) is 5.56 Å². The summed E-state index contributed by atoms with van der Waals surface area (Å²) >= 11 is 0. The van der Waals surface area contributed by atoms with Gasteiger partial charge in [-0.1, -0.05) is 0 Å². The number of ether oxygens (including phenoxy) is 6. The Morgan fingerprint density at radius 1 is 0.968 bits per heavy atom. The van der Waals surface area contributed by atoms with Crippen molar-refractivity contribution in [1.29, 1.82) is 0 Å². The van der Waals surface area contributed by atoms with Crippen LogP contribution < -0.4 is 23.7 Å². The van der Waals surface area contributed by atoms with Crippen molar-refractivity contribution >= 4 is 11.9 Å². The number of hydrogen-bond donors (Lipinski definition) is 0. The standard InChI is InChI=1S/C24H24O7/c1-24(2)9-8-12-15(31-24)7-6-13-20(25)19-14-10-17(26-3)18(27-4)11-16(14)29-23(28-5)22(19)30-21(12)13/h6-11,19,22-23H,1-5H3/t19-,22-,23+/m1/s1. The third-order valence-corrected chi connectivity index (χ3v) is 5.91. The Morgan fingerprint density at radius 3 is 2.42 bits per heavy atom. The molecule has 0 bridgehead atoms. The average molecular weight is 424 g/mol. The van der Waals surface area contributed by atoms with E-state index >= 15 is 0 Å². The molecule has 0 saturated carbocycles. The van der Waals surface area contributed by atoms with Gasteiger partial charge in [-0.15, -0.1) is 0 Å².